The molecule has 1 aliphatic heterocycles. The van der Waals surface area contributed by atoms with E-state index >= 15 is 0 Å². The largest absolute Gasteiger partial charge is 0.446 e. The van der Waals surface area contributed by atoms with Crippen LogP contribution in [0.3, 0.4) is 0 Å². The molecule has 0 saturated heterocycles. The number of amides is 1. The summed E-state index contributed by atoms with van der Waals surface area (Å²) >= 11 is 15.5. The van der Waals surface area contributed by atoms with E-state index < -0.39 is 6.23 Å². The predicted molar refractivity (Wildman–Crippen MR) is 93.5 cm³/mol. The second-order valence-electron chi connectivity index (χ2n) is 4.92. The Morgan fingerprint density at radius 1 is 1.26 bits per heavy atom. The summed E-state index contributed by atoms with van der Waals surface area (Å²) in [4.78, 5) is 11.9. The molecule has 1 atom stereocenters. The van der Waals surface area contributed by atoms with Gasteiger partial charge in [0.1, 0.15) is 0 Å². The first kappa shape index (κ1) is 16.3. The fraction of sp³-hybridized carbons (Fsp3) is 0.125. The lowest BCUT2D eigenvalue weighted by Crippen LogP contribution is -2.25. The Hall–Kier alpha value is -1.56. The maximum absolute atomic E-state index is 11.9. The number of rotatable bonds is 2. The molecule has 0 spiro atoms. The van der Waals surface area contributed by atoms with Gasteiger partial charge in [0.25, 0.3) is 0 Å². The van der Waals surface area contributed by atoms with Crippen molar-refractivity contribution in [3.05, 3.63) is 68.1 Å². The van der Waals surface area contributed by atoms with Gasteiger partial charge in [-0.1, -0.05) is 51.3 Å². The summed E-state index contributed by atoms with van der Waals surface area (Å²) in [7, 11) is 0. The van der Waals surface area contributed by atoms with Crippen molar-refractivity contribution in [1.82, 2.24) is 5.01 Å². The number of hydrogen-bond acceptors (Lipinski definition) is 3. The van der Waals surface area contributed by atoms with Crippen molar-refractivity contribution in [1.29, 1.82) is 0 Å². The minimum Gasteiger partial charge on any atom is -0.446 e. The Balaban J connectivity index is 1.99. The van der Waals surface area contributed by atoms with Gasteiger partial charge in [0, 0.05) is 22.0 Å². The van der Waals surface area contributed by atoms with Crippen LogP contribution in [0.5, 0.6) is 0 Å². The smallest absolute Gasteiger partial charge is 0.243 e. The molecule has 7 heteroatoms. The first-order chi connectivity index (χ1) is 11.0. The average Bonchev–Trinajstić information content (AvgIpc) is 2.92. The molecule has 1 amide bonds. The lowest BCUT2D eigenvalue weighted by atomic mass is 10.2. The van der Waals surface area contributed by atoms with Crippen LogP contribution in [0.4, 0.5) is 0 Å². The van der Waals surface area contributed by atoms with Crippen molar-refractivity contribution in [2.75, 3.05) is 0 Å². The molecule has 2 aromatic carbocycles. The van der Waals surface area contributed by atoms with E-state index in [-0.39, 0.29) is 11.8 Å². The van der Waals surface area contributed by atoms with E-state index in [1.165, 1.54) is 11.9 Å². The van der Waals surface area contributed by atoms with Gasteiger partial charge in [-0.05, 0) is 30.3 Å². The Morgan fingerprint density at radius 2 is 2.04 bits per heavy atom. The van der Waals surface area contributed by atoms with Gasteiger partial charge >= 0.3 is 0 Å². The molecule has 23 heavy (non-hydrogen) atoms. The fourth-order valence-electron chi connectivity index (χ4n) is 2.21. The lowest BCUT2D eigenvalue weighted by Gasteiger charge is -2.19. The molecular formula is C16H11BrCl2N2O2. The number of nitrogens with zero attached hydrogens (tertiary/aromatic N) is 2. The van der Waals surface area contributed by atoms with Crippen molar-refractivity contribution < 1.29 is 9.53 Å². The molecule has 0 radical (unpaired) electrons. The Bertz CT molecular complexity index is 810. The van der Waals surface area contributed by atoms with Crippen LogP contribution in [0.2, 0.25) is 10.0 Å². The standard InChI is InChI=1S/C16H11BrCl2N2O2/c1-9(22)21-16(10-3-2-4-11(17)7-10)23-15(20-21)13-6-5-12(18)8-14(13)19/h2-8,16H,1H3. The van der Waals surface area contributed by atoms with Crippen LogP contribution in [0.1, 0.15) is 24.3 Å². The highest BCUT2D eigenvalue weighted by Crippen LogP contribution is 2.33. The van der Waals surface area contributed by atoms with E-state index in [0.29, 0.717) is 15.6 Å². The first-order valence-electron chi connectivity index (χ1n) is 6.71. The zero-order chi connectivity index (χ0) is 16.6. The van der Waals surface area contributed by atoms with Gasteiger partial charge in [0.15, 0.2) is 0 Å². The van der Waals surface area contributed by atoms with Crippen LogP contribution >= 0.6 is 39.1 Å². The van der Waals surface area contributed by atoms with Crippen LogP contribution in [0.15, 0.2) is 52.0 Å². The minimum absolute atomic E-state index is 0.227. The van der Waals surface area contributed by atoms with Crippen LogP contribution in [0.25, 0.3) is 0 Å². The SMILES string of the molecule is CC(=O)N1N=C(c2ccc(Cl)cc2Cl)OC1c1cccc(Br)c1. The maximum atomic E-state index is 11.9. The predicted octanol–water partition coefficient (Wildman–Crippen LogP) is 5.00. The van der Waals surface area contributed by atoms with Gasteiger partial charge < -0.3 is 4.74 Å². The number of halogens is 3. The van der Waals surface area contributed by atoms with E-state index in [4.69, 9.17) is 27.9 Å². The molecule has 0 saturated carbocycles. The molecule has 0 N–H and O–H groups in total. The third-order valence-electron chi connectivity index (χ3n) is 3.26. The number of hydrazone groups is 1. The number of ether oxygens (including phenoxy) is 1. The Labute approximate surface area is 151 Å². The molecule has 4 nitrogen and oxygen atoms in total. The summed E-state index contributed by atoms with van der Waals surface area (Å²) in [5, 5.41) is 6.49. The molecule has 1 aliphatic rings. The molecule has 118 valence electrons. The highest BCUT2D eigenvalue weighted by Gasteiger charge is 2.33. The number of hydrogen-bond donors (Lipinski definition) is 0. The molecule has 0 bridgehead atoms. The first-order valence-corrected chi connectivity index (χ1v) is 8.26. The van der Waals surface area contributed by atoms with Crippen molar-refractivity contribution in [2.24, 2.45) is 5.10 Å². The van der Waals surface area contributed by atoms with Crippen molar-refractivity contribution >= 4 is 50.9 Å². The second-order valence-corrected chi connectivity index (χ2v) is 6.68. The van der Waals surface area contributed by atoms with Crippen LogP contribution in [0, 0.1) is 0 Å². The van der Waals surface area contributed by atoms with E-state index in [2.05, 4.69) is 21.0 Å². The topological polar surface area (TPSA) is 41.9 Å². The van der Waals surface area contributed by atoms with Crippen molar-refractivity contribution in [3.8, 4) is 0 Å². The highest BCUT2D eigenvalue weighted by atomic mass is 79.9. The molecule has 2 aromatic rings. The monoisotopic (exact) mass is 412 g/mol. The quantitative estimate of drug-likeness (QED) is 0.695. The zero-order valence-electron chi connectivity index (χ0n) is 12.0. The third kappa shape index (κ3) is 3.37. The van der Waals surface area contributed by atoms with Gasteiger partial charge in [0.2, 0.25) is 18.0 Å². The minimum atomic E-state index is -0.633. The molecule has 0 aromatic heterocycles. The van der Waals surface area contributed by atoms with Gasteiger partial charge in [-0.25, -0.2) is 0 Å². The second kappa shape index (κ2) is 6.51. The molecule has 3 rings (SSSR count). The molecule has 1 heterocycles. The van der Waals surface area contributed by atoms with E-state index in [1.807, 2.05) is 24.3 Å². The molecular weight excluding hydrogens is 403 g/mol. The summed E-state index contributed by atoms with van der Waals surface area (Å²) < 4.78 is 6.78. The Kier molecular flexibility index (Phi) is 4.62. The van der Waals surface area contributed by atoms with Crippen molar-refractivity contribution in [2.45, 2.75) is 13.2 Å². The zero-order valence-corrected chi connectivity index (χ0v) is 15.1. The fourth-order valence-corrected chi connectivity index (χ4v) is 3.12. The normalized spacial score (nSPS) is 17.0. The maximum Gasteiger partial charge on any atom is 0.243 e. The van der Waals surface area contributed by atoms with Crippen molar-refractivity contribution in [3.63, 3.8) is 0 Å². The number of carbonyl (C=O) groups excluding carboxylic acids is 1. The van der Waals surface area contributed by atoms with Crippen LogP contribution in [-0.2, 0) is 9.53 Å². The lowest BCUT2D eigenvalue weighted by molar-refractivity contribution is -0.135. The third-order valence-corrected chi connectivity index (χ3v) is 4.30. The van der Waals surface area contributed by atoms with Crippen LogP contribution in [-0.4, -0.2) is 16.8 Å². The van der Waals surface area contributed by atoms with E-state index in [1.54, 1.807) is 18.2 Å². The number of benzene rings is 2. The summed E-state index contributed by atoms with van der Waals surface area (Å²) in [6.45, 7) is 1.43. The molecule has 0 aliphatic carbocycles. The molecule has 1 unspecified atom stereocenters. The van der Waals surface area contributed by atoms with Gasteiger partial charge in [0.05, 0.1) is 10.6 Å². The van der Waals surface area contributed by atoms with Gasteiger partial charge in [-0.15, -0.1) is 5.10 Å². The highest BCUT2D eigenvalue weighted by molar-refractivity contribution is 9.10. The molecule has 0 fully saturated rings. The van der Waals surface area contributed by atoms with Gasteiger partial charge in [-0.2, -0.15) is 5.01 Å². The summed E-state index contributed by atoms with van der Waals surface area (Å²) in [5.41, 5.74) is 1.39. The van der Waals surface area contributed by atoms with Gasteiger partial charge in [-0.3, -0.25) is 4.79 Å². The summed E-state index contributed by atoms with van der Waals surface area (Å²) in [5.74, 6) is 0.0573. The summed E-state index contributed by atoms with van der Waals surface area (Å²) in [6.07, 6.45) is -0.633. The average molecular weight is 414 g/mol. The van der Waals surface area contributed by atoms with E-state index in [0.717, 1.165) is 10.0 Å². The Morgan fingerprint density at radius 3 is 2.70 bits per heavy atom. The summed E-state index contributed by atoms with van der Waals surface area (Å²) in [6, 6.07) is 12.5. The van der Waals surface area contributed by atoms with Crippen LogP contribution < -0.4 is 0 Å². The number of carbonyl (C=O) groups is 1. The van der Waals surface area contributed by atoms with E-state index in [9.17, 15) is 4.79 Å².